The number of aromatic nitrogens is 2. The van der Waals surface area contributed by atoms with Gasteiger partial charge in [0.1, 0.15) is 0 Å². The molecule has 2 N–H and O–H groups in total. The number of nitrogens with zero attached hydrogens (tertiary/aromatic N) is 1. The van der Waals surface area contributed by atoms with Crippen LogP contribution in [0.2, 0.25) is 0 Å². The van der Waals surface area contributed by atoms with Gasteiger partial charge in [-0.3, -0.25) is 9.36 Å². The van der Waals surface area contributed by atoms with Crippen LogP contribution >= 0.6 is 0 Å². The average molecular weight is 375 g/mol. The van der Waals surface area contributed by atoms with Crippen LogP contribution in [-0.4, -0.2) is 15.5 Å². The topological polar surface area (TPSA) is 66.9 Å². The Morgan fingerprint density at radius 3 is 2.71 bits per heavy atom. The number of rotatable bonds is 3. The van der Waals surface area contributed by atoms with Crippen molar-refractivity contribution in [2.75, 3.05) is 0 Å². The molecule has 5 heteroatoms. The molecule has 5 rings (SSSR count). The van der Waals surface area contributed by atoms with Crippen LogP contribution in [0, 0.1) is 0 Å². The second-order valence-electron chi connectivity index (χ2n) is 8.09. The molecule has 2 aliphatic rings. The van der Waals surface area contributed by atoms with Gasteiger partial charge in [0.05, 0.1) is 17.1 Å². The Morgan fingerprint density at radius 1 is 1.04 bits per heavy atom. The number of carbonyl (C=O) groups excluding carboxylic acids is 1. The first kappa shape index (κ1) is 17.3. The van der Waals surface area contributed by atoms with Gasteiger partial charge >= 0.3 is 5.69 Å². The van der Waals surface area contributed by atoms with Gasteiger partial charge in [-0.05, 0) is 55.0 Å². The number of hydrogen-bond donors (Lipinski definition) is 2. The maximum atomic E-state index is 12.8. The molecule has 3 aromatic rings. The van der Waals surface area contributed by atoms with Gasteiger partial charge in [0.25, 0.3) is 5.91 Å². The van der Waals surface area contributed by atoms with E-state index in [1.165, 1.54) is 30.4 Å². The fourth-order valence-electron chi connectivity index (χ4n) is 4.92. The first-order valence-electron chi connectivity index (χ1n) is 10.3. The molecule has 0 spiro atoms. The lowest BCUT2D eigenvalue weighted by Gasteiger charge is -2.22. The summed E-state index contributed by atoms with van der Waals surface area (Å²) in [5.74, 6) is -0.0881. The minimum Gasteiger partial charge on any atom is -0.345 e. The smallest absolute Gasteiger partial charge is 0.326 e. The van der Waals surface area contributed by atoms with Gasteiger partial charge in [-0.2, -0.15) is 0 Å². The number of amides is 1. The summed E-state index contributed by atoms with van der Waals surface area (Å²) in [5.41, 5.74) is 4.71. The van der Waals surface area contributed by atoms with Crippen molar-refractivity contribution in [1.29, 1.82) is 0 Å². The number of imidazole rings is 1. The van der Waals surface area contributed by atoms with Crippen molar-refractivity contribution in [2.45, 2.75) is 57.0 Å². The molecular weight excluding hydrogens is 350 g/mol. The summed E-state index contributed by atoms with van der Waals surface area (Å²) in [6, 6.07) is 14.2. The van der Waals surface area contributed by atoms with Gasteiger partial charge in [-0.1, -0.05) is 43.5 Å². The molecule has 0 saturated heterocycles. The zero-order valence-electron chi connectivity index (χ0n) is 15.9. The van der Waals surface area contributed by atoms with Crippen molar-refractivity contribution in [1.82, 2.24) is 14.9 Å². The minimum atomic E-state index is -0.0881. The van der Waals surface area contributed by atoms with E-state index < -0.39 is 0 Å². The van der Waals surface area contributed by atoms with Crippen molar-refractivity contribution in [3.63, 3.8) is 0 Å². The number of aromatic amines is 1. The van der Waals surface area contributed by atoms with Crippen LogP contribution in [0.1, 0.15) is 72.1 Å². The van der Waals surface area contributed by atoms with E-state index in [0.717, 1.165) is 36.7 Å². The molecule has 144 valence electrons. The molecule has 1 saturated carbocycles. The maximum absolute atomic E-state index is 12.8. The van der Waals surface area contributed by atoms with Crippen LogP contribution in [0.25, 0.3) is 11.0 Å². The van der Waals surface area contributed by atoms with Crippen molar-refractivity contribution in [3.8, 4) is 0 Å². The summed E-state index contributed by atoms with van der Waals surface area (Å²) < 4.78 is 1.89. The zero-order chi connectivity index (χ0) is 19.1. The summed E-state index contributed by atoms with van der Waals surface area (Å²) in [6.45, 7) is 0. The van der Waals surface area contributed by atoms with Crippen LogP contribution in [0.15, 0.2) is 47.3 Å². The monoisotopic (exact) mass is 375 g/mol. The summed E-state index contributed by atoms with van der Waals surface area (Å²) in [5, 5.41) is 3.16. The highest BCUT2D eigenvalue weighted by Crippen LogP contribution is 2.32. The van der Waals surface area contributed by atoms with Crippen LogP contribution in [0.5, 0.6) is 0 Å². The Kier molecular flexibility index (Phi) is 4.30. The van der Waals surface area contributed by atoms with Crippen molar-refractivity contribution < 1.29 is 4.79 Å². The van der Waals surface area contributed by atoms with E-state index in [1.807, 2.05) is 34.9 Å². The first-order chi connectivity index (χ1) is 13.7. The normalized spacial score (nSPS) is 19.6. The number of hydrogen-bond acceptors (Lipinski definition) is 2. The Bertz CT molecular complexity index is 1090. The van der Waals surface area contributed by atoms with E-state index in [9.17, 15) is 9.59 Å². The molecule has 1 fully saturated rings. The van der Waals surface area contributed by atoms with E-state index in [2.05, 4.69) is 22.4 Å². The molecule has 1 aromatic heterocycles. The van der Waals surface area contributed by atoms with Gasteiger partial charge < -0.3 is 10.3 Å². The van der Waals surface area contributed by atoms with Gasteiger partial charge in [-0.25, -0.2) is 4.79 Å². The lowest BCUT2D eigenvalue weighted by Crippen LogP contribution is -2.27. The maximum Gasteiger partial charge on any atom is 0.326 e. The minimum absolute atomic E-state index is 0.0604. The second-order valence-corrected chi connectivity index (χ2v) is 8.09. The standard InChI is InChI=1S/C23H25N3O2/c27-22(24-19-12-10-15-6-4-5-9-18(15)19)16-11-13-21-20(14-16)25-23(28)26(21)17-7-2-1-3-8-17/h4-6,9,11,13-14,17,19H,1-3,7-8,10,12H2,(H,24,27)(H,25,28). The van der Waals surface area contributed by atoms with Crippen LogP contribution < -0.4 is 11.0 Å². The van der Waals surface area contributed by atoms with Gasteiger partial charge in [0.2, 0.25) is 0 Å². The SMILES string of the molecule is O=C(NC1CCc2ccccc21)c1ccc2c(c1)[nH]c(=O)n2C1CCCCC1. The third kappa shape index (κ3) is 2.95. The predicted octanol–water partition coefficient (Wildman–Crippen LogP) is 4.25. The van der Waals surface area contributed by atoms with Gasteiger partial charge in [-0.15, -0.1) is 0 Å². The summed E-state index contributed by atoms with van der Waals surface area (Å²) >= 11 is 0. The molecule has 28 heavy (non-hydrogen) atoms. The van der Waals surface area contributed by atoms with Crippen molar-refractivity contribution >= 4 is 16.9 Å². The molecule has 1 unspecified atom stereocenters. The molecule has 0 radical (unpaired) electrons. The average Bonchev–Trinajstić information content (AvgIpc) is 3.28. The molecule has 2 aromatic carbocycles. The fourth-order valence-corrected chi connectivity index (χ4v) is 4.92. The van der Waals surface area contributed by atoms with Crippen LogP contribution in [-0.2, 0) is 6.42 Å². The Balaban J connectivity index is 1.41. The third-order valence-electron chi connectivity index (χ3n) is 6.36. The summed E-state index contributed by atoms with van der Waals surface area (Å²) in [7, 11) is 0. The number of fused-ring (bicyclic) bond motifs is 2. The molecule has 5 nitrogen and oxygen atoms in total. The summed E-state index contributed by atoms with van der Waals surface area (Å²) in [6.07, 6.45) is 7.63. The first-order valence-corrected chi connectivity index (χ1v) is 10.3. The highest BCUT2D eigenvalue weighted by atomic mass is 16.2. The van der Waals surface area contributed by atoms with Crippen LogP contribution in [0.3, 0.4) is 0 Å². The molecule has 0 aliphatic heterocycles. The molecule has 1 atom stereocenters. The van der Waals surface area contributed by atoms with E-state index in [-0.39, 0.29) is 23.7 Å². The Labute approximate surface area is 163 Å². The number of benzene rings is 2. The second kappa shape index (κ2) is 6.97. The number of carbonyl (C=O) groups is 1. The molecule has 2 aliphatic carbocycles. The fraction of sp³-hybridized carbons (Fsp3) is 0.391. The van der Waals surface area contributed by atoms with Crippen LogP contribution in [0.4, 0.5) is 0 Å². The zero-order valence-corrected chi connectivity index (χ0v) is 15.9. The van der Waals surface area contributed by atoms with Gasteiger partial charge in [0, 0.05) is 11.6 Å². The van der Waals surface area contributed by atoms with E-state index in [0.29, 0.717) is 5.56 Å². The predicted molar refractivity (Wildman–Crippen MR) is 110 cm³/mol. The third-order valence-corrected chi connectivity index (χ3v) is 6.36. The van der Waals surface area contributed by atoms with Crippen molar-refractivity contribution in [2.24, 2.45) is 0 Å². The molecule has 1 amide bonds. The molecular formula is C23H25N3O2. The van der Waals surface area contributed by atoms with Crippen molar-refractivity contribution in [3.05, 3.63) is 69.6 Å². The Hall–Kier alpha value is -2.82. The van der Waals surface area contributed by atoms with Gasteiger partial charge in [0.15, 0.2) is 0 Å². The molecule has 1 heterocycles. The summed E-state index contributed by atoms with van der Waals surface area (Å²) in [4.78, 5) is 28.3. The highest BCUT2D eigenvalue weighted by molar-refractivity contribution is 5.97. The van der Waals surface area contributed by atoms with E-state index >= 15 is 0 Å². The van der Waals surface area contributed by atoms with E-state index in [4.69, 9.17) is 0 Å². The lowest BCUT2D eigenvalue weighted by atomic mass is 9.95. The number of H-pyrrole nitrogens is 1. The lowest BCUT2D eigenvalue weighted by molar-refractivity contribution is 0.0937. The largest absolute Gasteiger partial charge is 0.345 e. The quantitative estimate of drug-likeness (QED) is 0.719. The molecule has 0 bridgehead atoms. The van der Waals surface area contributed by atoms with E-state index in [1.54, 1.807) is 0 Å². The number of nitrogens with one attached hydrogen (secondary N) is 2. The Morgan fingerprint density at radius 2 is 1.86 bits per heavy atom. The number of aryl methyl sites for hydroxylation is 1. The highest BCUT2D eigenvalue weighted by Gasteiger charge is 2.24.